The lowest BCUT2D eigenvalue weighted by Crippen LogP contribution is -2.32. The molecule has 1 unspecified atom stereocenters. The van der Waals surface area contributed by atoms with E-state index in [1.807, 2.05) is 0 Å². The predicted octanol–water partition coefficient (Wildman–Crippen LogP) is 1.82. The van der Waals surface area contributed by atoms with Gasteiger partial charge in [-0.05, 0) is 32.9 Å². The molecule has 1 aromatic heterocycles. The van der Waals surface area contributed by atoms with Crippen LogP contribution in [-0.4, -0.2) is 18.2 Å². The Morgan fingerprint density at radius 1 is 1.53 bits per heavy atom. The number of hydrogen-bond acceptors (Lipinski definition) is 4. The van der Waals surface area contributed by atoms with Crippen LogP contribution >= 0.6 is 0 Å². The number of ether oxygens (including phenoxy) is 1. The molecule has 0 fully saturated rings. The molecule has 0 radical (unpaired) electrons. The Balaban J connectivity index is 2.93. The standard InChI is InChI=1S/C11H16O4/c1-7-5-6-8(15-7)9(12)11(2,3)10(13)14-4/h5-6,9,12H,1-4H3. The van der Waals surface area contributed by atoms with Crippen molar-refractivity contribution in [3.05, 3.63) is 23.7 Å². The number of carbonyl (C=O) groups is 1. The molecular weight excluding hydrogens is 196 g/mol. The maximum Gasteiger partial charge on any atom is 0.314 e. The molecule has 4 nitrogen and oxygen atoms in total. The molecule has 1 N–H and O–H groups in total. The van der Waals surface area contributed by atoms with Gasteiger partial charge in [-0.15, -0.1) is 0 Å². The van der Waals surface area contributed by atoms with Gasteiger partial charge in [0.15, 0.2) is 0 Å². The second-order valence-electron chi connectivity index (χ2n) is 4.06. The minimum Gasteiger partial charge on any atom is -0.469 e. The van der Waals surface area contributed by atoms with E-state index in [0.717, 1.165) is 0 Å². The van der Waals surface area contributed by atoms with Gasteiger partial charge in [-0.25, -0.2) is 0 Å². The first-order chi connectivity index (χ1) is 6.89. The average molecular weight is 212 g/mol. The van der Waals surface area contributed by atoms with E-state index in [9.17, 15) is 9.90 Å². The van der Waals surface area contributed by atoms with Crippen LogP contribution in [0.5, 0.6) is 0 Å². The van der Waals surface area contributed by atoms with Crippen LogP contribution in [0.15, 0.2) is 16.5 Å². The lowest BCUT2D eigenvalue weighted by atomic mass is 9.85. The molecular formula is C11H16O4. The van der Waals surface area contributed by atoms with E-state index in [-0.39, 0.29) is 0 Å². The minimum atomic E-state index is -1.01. The van der Waals surface area contributed by atoms with Gasteiger partial charge in [0.05, 0.1) is 12.5 Å². The van der Waals surface area contributed by atoms with E-state index in [1.165, 1.54) is 7.11 Å². The van der Waals surface area contributed by atoms with Crippen LogP contribution in [0, 0.1) is 12.3 Å². The first kappa shape index (κ1) is 11.8. The summed E-state index contributed by atoms with van der Waals surface area (Å²) >= 11 is 0. The van der Waals surface area contributed by atoms with Crippen molar-refractivity contribution >= 4 is 5.97 Å². The molecule has 15 heavy (non-hydrogen) atoms. The Kier molecular flexibility index (Phi) is 3.19. The molecule has 0 aliphatic heterocycles. The summed E-state index contributed by atoms with van der Waals surface area (Å²) in [5, 5.41) is 9.97. The average Bonchev–Trinajstić information content (AvgIpc) is 2.62. The van der Waals surface area contributed by atoms with Crippen molar-refractivity contribution in [1.82, 2.24) is 0 Å². The van der Waals surface area contributed by atoms with Crippen molar-refractivity contribution < 1.29 is 19.1 Å². The largest absolute Gasteiger partial charge is 0.469 e. The number of esters is 1. The minimum absolute atomic E-state index is 0.378. The normalized spacial score (nSPS) is 13.7. The molecule has 1 atom stereocenters. The Bertz CT molecular complexity index is 351. The fraction of sp³-hybridized carbons (Fsp3) is 0.545. The summed E-state index contributed by atoms with van der Waals surface area (Å²) in [7, 11) is 1.30. The summed E-state index contributed by atoms with van der Waals surface area (Å²) in [6.45, 7) is 5.00. The zero-order chi connectivity index (χ0) is 11.6. The number of aliphatic hydroxyl groups is 1. The Hall–Kier alpha value is -1.29. The Morgan fingerprint density at radius 3 is 2.53 bits per heavy atom. The number of hydrogen-bond donors (Lipinski definition) is 1. The molecule has 0 aliphatic rings. The monoisotopic (exact) mass is 212 g/mol. The third-order valence-corrected chi connectivity index (χ3v) is 2.43. The number of methoxy groups -OCH3 is 1. The lowest BCUT2D eigenvalue weighted by molar-refractivity contribution is -0.158. The third kappa shape index (κ3) is 2.21. The summed E-state index contributed by atoms with van der Waals surface area (Å²) in [6.07, 6.45) is -1.00. The van der Waals surface area contributed by atoms with E-state index >= 15 is 0 Å². The molecule has 1 aromatic rings. The Morgan fingerprint density at radius 2 is 2.13 bits per heavy atom. The quantitative estimate of drug-likeness (QED) is 0.776. The molecule has 0 amide bonds. The molecule has 0 aliphatic carbocycles. The fourth-order valence-corrected chi connectivity index (χ4v) is 1.33. The van der Waals surface area contributed by atoms with Crippen LogP contribution in [0.4, 0.5) is 0 Å². The van der Waals surface area contributed by atoms with Crippen LogP contribution in [0.1, 0.15) is 31.5 Å². The summed E-state index contributed by atoms with van der Waals surface area (Å²) in [5.41, 5.74) is -1.01. The predicted molar refractivity (Wildman–Crippen MR) is 54.2 cm³/mol. The highest BCUT2D eigenvalue weighted by Gasteiger charge is 2.39. The first-order valence-electron chi connectivity index (χ1n) is 4.72. The summed E-state index contributed by atoms with van der Waals surface area (Å²) in [5.74, 6) is 0.608. The molecule has 0 saturated carbocycles. The van der Waals surface area contributed by atoms with Gasteiger partial charge < -0.3 is 14.3 Å². The van der Waals surface area contributed by atoms with E-state index < -0.39 is 17.5 Å². The molecule has 4 heteroatoms. The van der Waals surface area contributed by atoms with Gasteiger partial charge in [0.2, 0.25) is 0 Å². The van der Waals surface area contributed by atoms with Gasteiger partial charge in [-0.2, -0.15) is 0 Å². The highest BCUT2D eigenvalue weighted by atomic mass is 16.5. The maximum absolute atomic E-state index is 11.4. The van der Waals surface area contributed by atoms with Gasteiger partial charge in [-0.1, -0.05) is 0 Å². The third-order valence-electron chi connectivity index (χ3n) is 2.43. The van der Waals surface area contributed by atoms with Crippen molar-refractivity contribution in [2.24, 2.45) is 5.41 Å². The van der Waals surface area contributed by atoms with Crippen LogP contribution in [0.3, 0.4) is 0 Å². The smallest absolute Gasteiger partial charge is 0.314 e. The number of rotatable bonds is 3. The van der Waals surface area contributed by atoms with Crippen LogP contribution in [-0.2, 0) is 9.53 Å². The molecule has 0 spiro atoms. The summed E-state index contributed by atoms with van der Waals surface area (Å²) in [4.78, 5) is 11.4. The topological polar surface area (TPSA) is 59.7 Å². The van der Waals surface area contributed by atoms with Crippen molar-refractivity contribution in [3.63, 3.8) is 0 Å². The van der Waals surface area contributed by atoms with Gasteiger partial charge in [0.25, 0.3) is 0 Å². The van der Waals surface area contributed by atoms with E-state index in [0.29, 0.717) is 11.5 Å². The van der Waals surface area contributed by atoms with Crippen molar-refractivity contribution in [2.75, 3.05) is 7.11 Å². The van der Waals surface area contributed by atoms with Crippen molar-refractivity contribution in [3.8, 4) is 0 Å². The van der Waals surface area contributed by atoms with E-state index in [4.69, 9.17) is 4.42 Å². The van der Waals surface area contributed by atoms with Gasteiger partial charge >= 0.3 is 5.97 Å². The van der Waals surface area contributed by atoms with Crippen LogP contribution in [0.2, 0.25) is 0 Å². The zero-order valence-electron chi connectivity index (χ0n) is 9.40. The summed E-state index contributed by atoms with van der Waals surface area (Å²) in [6, 6.07) is 3.40. The van der Waals surface area contributed by atoms with Crippen LogP contribution < -0.4 is 0 Å². The van der Waals surface area contributed by atoms with Crippen molar-refractivity contribution in [1.29, 1.82) is 0 Å². The number of furan rings is 1. The first-order valence-corrected chi connectivity index (χ1v) is 4.72. The molecule has 1 rings (SSSR count). The van der Waals surface area contributed by atoms with Gasteiger partial charge in [-0.3, -0.25) is 4.79 Å². The highest BCUT2D eigenvalue weighted by molar-refractivity contribution is 5.76. The maximum atomic E-state index is 11.4. The zero-order valence-corrected chi connectivity index (χ0v) is 9.40. The second kappa shape index (κ2) is 4.06. The van der Waals surface area contributed by atoms with Gasteiger partial charge in [0.1, 0.15) is 17.6 Å². The molecule has 0 aromatic carbocycles. The summed E-state index contributed by atoms with van der Waals surface area (Å²) < 4.78 is 9.89. The lowest BCUT2D eigenvalue weighted by Gasteiger charge is -2.25. The molecule has 0 saturated heterocycles. The fourth-order valence-electron chi connectivity index (χ4n) is 1.33. The molecule has 1 heterocycles. The van der Waals surface area contributed by atoms with Crippen LogP contribution in [0.25, 0.3) is 0 Å². The Labute approximate surface area is 88.8 Å². The number of carbonyl (C=O) groups excluding carboxylic acids is 1. The number of aryl methyl sites for hydroxylation is 1. The van der Waals surface area contributed by atoms with Crippen molar-refractivity contribution in [2.45, 2.75) is 26.9 Å². The SMILES string of the molecule is COC(=O)C(C)(C)C(O)c1ccc(C)o1. The van der Waals surface area contributed by atoms with Gasteiger partial charge in [0, 0.05) is 0 Å². The second-order valence-corrected chi connectivity index (χ2v) is 4.06. The number of aliphatic hydroxyl groups excluding tert-OH is 1. The highest BCUT2D eigenvalue weighted by Crippen LogP contribution is 2.35. The molecule has 0 bridgehead atoms. The van der Waals surface area contributed by atoms with E-state index in [2.05, 4.69) is 4.74 Å². The van der Waals surface area contributed by atoms with E-state index in [1.54, 1.807) is 32.9 Å². The molecule has 84 valence electrons.